The zero-order valence-corrected chi connectivity index (χ0v) is 13.3. The Hall–Kier alpha value is -1.56. The normalized spacial score (nSPS) is 10.3. The molecule has 0 N–H and O–H groups in total. The topological polar surface area (TPSA) is 0 Å². The van der Waals surface area contributed by atoms with E-state index in [2.05, 4.69) is 88.4 Å². The highest BCUT2D eigenvalue weighted by Crippen LogP contribution is 2.06. The van der Waals surface area contributed by atoms with Crippen molar-refractivity contribution in [2.24, 2.45) is 11.8 Å². The van der Waals surface area contributed by atoms with E-state index in [0.29, 0.717) is 0 Å². The van der Waals surface area contributed by atoms with Gasteiger partial charge in [-0.15, -0.1) is 0 Å². The molecule has 0 heteroatoms. The Labute approximate surface area is 124 Å². The fraction of sp³-hybridized carbons (Fsp3) is 0.400. The maximum atomic E-state index is 2.24. The SMILES string of the molecule is CC(C)Cc1ccccc1.CC(C)Cc1ccccc1. The van der Waals surface area contributed by atoms with Crippen molar-refractivity contribution in [3.8, 4) is 0 Å². The lowest BCUT2D eigenvalue weighted by molar-refractivity contribution is 0.647. The summed E-state index contributed by atoms with van der Waals surface area (Å²) < 4.78 is 0. The molecule has 0 bridgehead atoms. The van der Waals surface area contributed by atoms with Crippen molar-refractivity contribution in [3.05, 3.63) is 71.8 Å². The molecule has 0 nitrogen and oxygen atoms in total. The maximum absolute atomic E-state index is 2.24. The second-order valence-electron chi connectivity index (χ2n) is 6.17. The first kappa shape index (κ1) is 16.5. The van der Waals surface area contributed by atoms with Crippen molar-refractivity contribution in [3.63, 3.8) is 0 Å². The smallest absolute Gasteiger partial charge is 0.0256 e. The van der Waals surface area contributed by atoms with Gasteiger partial charge in [0.15, 0.2) is 0 Å². The molecule has 0 unspecified atom stereocenters. The summed E-state index contributed by atoms with van der Waals surface area (Å²) >= 11 is 0. The molecule has 0 saturated heterocycles. The Morgan fingerprint density at radius 1 is 0.550 bits per heavy atom. The summed E-state index contributed by atoms with van der Waals surface area (Å²) in [7, 11) is 0. The molecule has 2 aromatic carbocycles. The lowest BCUT2D eigenvalue weighted by Crippen LogP contribution is -1.92. The minimum atomic E-state index is 0.766. The summed E-state index contributed by atoms with van der Waals surface area (Å²) in [6, 6.07) is 21.2. The third-order valence-corrected chi connectivity index (χ3v) is 2.97. The molecule has 0 heterocycles. The van der Waals surface area contributed by atoms with Gasteiger partial charge in [0.05, 0.1) is 0 Å². The molecule has 0 radical (unpaired) electrons. The van der Waals surface area contributed by atoms with Crippen LogP contribution in [0.3, 0.4) is 0 Å². The average Bonchev–Trinajstić information content (AvgIpc) is 2.40. The summed E-state index contributed by atoms with van der Waals surface area (Å²) in [5.74, 6) is 1.53. The van der Waals surface area contributed by atoms with E-state index in [0.717, 1.165) is 11.8 Å². The van der Waals surface area contributed by atoms with Gasteiger partial charge < -0.3 is 0 Å². The molecule has 0 spiro atoms. The summed E-state index contributed by atoms with van der Waals surface area (Å²) in [6.07, 6.45) is 2.39. The van der Waals surface area contributed by atoms with E-state index in [-0.39, 0.29) is 0 Å². The molecule has 0 fully saturated rings. The van der Waals surface area contributed by atoms with Crippen LogP contribution in [0.5, 0.6) is 0 Å². The predicted molar refractivity (Wildman–Crippen MR) is 90.0 cm³/mol. The van der Waals surface area contributed by atoms with Crippen molar-refractivity contribution in [2.45, 2.75) is 40.5 Å². The van der Waals surface area contributed by atoms with Gasteiger partial charge in [0, 0.05) is 0 Å². The largest absolute Gasteiger partial charge is 0.0625 e. The zero-order chi connectivity index (χ0) is 14.8. The van der Waals surface area contributed by atoms with Crippen LogP contribution in [-0.2, 0) is 12.8 Å². The van der Waals surface area contributed by atoms with Crippen molar-refractivity contribution < 1.29 is 0 Å². The standard InChI is InChI=1S/2C10H14/c2*1-9(2)8-10-6-4-3-5-7-10/h2*3-7,9H,8H2,1-2H3. The fourth-order valence-electron chi connectivity index (χ4n) is 2.17. The Morgan fingerprint density at radius 3 is 1.10 bits per heavy atom. The Balaban J connectivity index is 0.000000200. The Kier molecular flexibility index (Phi) is 7.72. The van der Waals surface area contributed by atoms with Crippen LogP contribution in [-0.4, -0.2) is 0 Å². The van der Waals surface area contributed by atoms with Gasteiger partial charge in [-0.2, -0.15) is 0 Å². The number of rotatable bonds is 4. The zero-order valence-electron chi connectivity index (χ0n) is 13.3. The second kappa shape index (κ2) is 9.36. The maximum Gasteiger partial charge on any atom is -0.0256 e. The first-order valence-electron chi connectivity index (χ1n) is 7.65. The third-order valence-electron chi connectivity index (χ3n) is 2.97. The lowest BCUT2D eigenvalue weighted by Gasteiger charge is -2.02. The van der Waals surface area contributed by atoms with Gasteiger partial charge >= 0.3 is 0 Å². The number of hydrogen-bond acceptors (Lipinski definition) is 0. The molecule has 0 aliphatic carbocycles. The molecule has 0 aliphatic heterocycles. The van der Waals surface area contributed by atoms with E-state index in [1.165, 1.54) is 24.0 Å². The Morgan fingerprint density at radius 2 is 0.850 bits per heavy atom. The second-order valence-corrected chi connectivity index (χ2v) is 6.17. The van der Waals surface area contributed by atoms with Gasteiger partial charge in [0.1, 0.15) is 0 Å². The molecule has 2 rings (SSSR count). The molecule has 0 saturated carbocycles. The van der Waals surface area contributed by atoms with Gasteiger partial charge in [-0.3, -0.25) is 0 Å². The van der Waals surface area contributed by atoms with Crippen LogP contribution in [0.2, 0.25) is 0 Å². The van der Waals surface area contributed by atoms with Gasteiger partial charge in [0.2, 0.25) is 0 Å². The lowest BCUT2D eigenvalue weighted by atomic mass is 10.0. The molecule has 20 heavy (non-hydrogen) atoms. The van der Waals surface area contributed by atoms with Crippen molar-refractivity contribution in [1.29, 1.82) is 0 Å². The highest BCUT2D eigenvalue weighted by atomic mass is 14.0. The van der Waals surface area contributed by atoms with Crippen LogP contribution in [0, 0.1) is 11.8 Å². The van der Waals surface area contributed by atoms with E-state index in [1.54, 1.807) is 0 Å². The summed E-state index contributed by atoms with van der Waals surface area (Å²) in [4.78, 5) is 0. The minimum absolute atomic E-state index is 0.766. The molecule has 0 amide bonds. The molecule has 2 aromatic rings. The highest BCUT2D eigenvalue weighted by Gasteiger charge is 1.94. The average molecular weight is 268 g/mol. The first-order chi connectivity index (χ1) is 9.58. The van der Waals surface area contributed by atoms with Crippen molar-refractivity contribution in [2.75, 3.05) is 0 Å². The van der Waals surface area contributed by atoms with Gasteiger partial charge in [-0.1, -0.05) is 88.4 Å². The van der Waals surface area contributed by atoms with E-state index in [9.17, 15) is 0 Å². The first-order valence-corrected chi connectivity index (χ1v) is 7.65. The van der Waals surface area contributed by atoms with Crippen molar-refractivity contribution in [1.82, 2.24) is 0 Å². The Bertz CT molecular complexity index is 394. The van der Waals surface area contributed by atoms with Crippen LogP contribution in [0.4, 0.5) is 0 Å². The molecule has 0 aromatic heterocycles. The summed E-state index contributed by atoms with van der Waals surface area (Å²) in [5, 5.41) is 0. The predicted octanol–water partition coefficient (Wildman–Crippen LogP) is 5.77. The van der Waals surface area contributed by atoms with E-state index < -0.39 is 0 Å². The fourth-order valence-corrected chi connectivity index (χ4v) is 2.17. The summed E-state index contributed by atoms with van der Waals surface area (Å²) in [5.41, 5.74) is 2.88. The summed E-state index contributed by atoms with van der Waals surface area (Å²) in [6.45, 7) is 8.97. The molecule has 108 valence electrons. The monoisotopic (exact) mass is 268 g/mol. The van der Waals surface area contributed by atoms with E-state index >= 15 is 0 Å². The number of benzene rings is 2. The van der Waals surface area contributed by atoms with Crippen molar-refractivity contribution >= 4 is 0 Å². The van der Waals surface area contributed by atoms with Crippen LogP contribution >= 0.6 is 0 Å². The van der Waals surface area contributed by atoms with Crippen LogP contribution in [0.25, 0.3) is 0 Å². The molecular formula is C20H28. The molecular weight excluding hydrogens is 240 g/mol. The highest BCUT2D eigenvalue weighted by molar-refractivity contribution is 5.15. The van der Waals surface area contributed by atoms with Crippen LogP contribution < -0.4 is 0 Å². The van der Waals surface area contributed by atoms with E-state index in [4.69, 9.17) is 0 Å². The van der Waals surface area contributed by atoms with Gasteiger partial charge in [-0.05, 0) is 35.8 Å². The van der Waals surface area contributed by atoms with Gasteiger partial charge in [-0.25, -0.2) is 0 Å². The minimum Gasteiger partial charge on any atom is -0.0625 e. The van der Waals surface area contributed by atoms with Gasteiger partial charge in [0.25, 0.3) is 0 Å². The third kappa shape index (κ3) is 7.78. The molecule has 0 atom stereocenters. The quantitative estimate of drug-likeness (QED) is 0.660. The molecule has 0 aliphatic rings. The van der Waals surface area contributed by atoms with E-state index in [1.807, 2.05) is 0 Å². The number of hydrogen-bond donors (Lipinski definition) is 0. The van der Waals surface area contributed by atoms with Crippen LogP contribution in [0.1, 0.15) is 38.8 Å². The van der Waals surface area contributed by atoms with Crippen LogP contribution in [0.15, 0.2) is 60.7 Å².